The number of benzene rings is 1. The van der Waals surface area contributed by atoms with Crippen LogP contribution < -0.4 is 0 Å². The van der Waals surface area contributed by atoms with Gasteiger partial charge in [0.1, 0.15) is 6.04 Å². The third kappa shape index (κ3) is 3.35. The number of hydrogen-bond donors (Lipinski definition) is 0. The minimum Gasteiger partial charge on any atom is -0.468 e. The second-order valence-electron chi connectivity index (χ2n) is 4.19. The largest absolute Gasteiger partial charge is 0.468 e. The molecule has 3 heteroatoms. The minimum absolute atomic E-state index is 0.189. The van der Waals surface area contributed by atoms with Gasteiger partial charge < -0.3 is 4.74 Å². The summed E-state index contributed by atoms with van der Waals surface area (Å²) in [5.41, 5.74) is 2.37. The van der Waals surface area contributed by atoms with Gasteiger partial charge in [-0.25, -0.2) is 0 Å². The van der Waals surface area contributed by atoms with E-state index in [1.165, 1.54) is 12.7 Å². The molecule has 0 amide bonds. The molecule has 3 nitrogen and oxygen atoms in total. The molecule has 1 atom stereocenters. The van der Waals surface area contributed by atoms with Gasteiger partial charge in [-0.2, -0.15) is 0 Å². The molecule has 0 spiro atoms. The van der Waals surface area contributed by atoms with Crippen molar-refractivity contribution in [2.24, 2.45) is 0 Å². The molecule has 0 saturated heterocycles. The molecule has 0 bridgehead atoms. The second-order valence-corrected chi connectivity index (χ2v) is 4.19. The highest BCUT2D eigenvalue weighted by atomic mass is 16.5. The molecule has 16 heavy (non-hydrogen) atoms. The van der Waals surface area contributed by atoms with Crippen molar-refractivity contribution in [3.63, 3.8) is 0 Å². The Morgan fingerprint density at radius 2 is 1.88 bits per heavy atom. The van der Waals surface area contributed by atoms with Crippen LogP contribution in [-0.4, -0.2) is 38.1 Å². The first kappa shape index (κ1) is 12.7. The van der Waals surface area contributed by atoms with Gasteiger partial charge in [-0.05, 0) is 33.0 Å². The van der Waals surface area contributed by atoms with Crippen molar-refractivity contribution < 1.29 is 9.53 Å². The third-order valence-electron chi connectivity index (χ3n) is 2.65. The number of rotatable bonds is 4. The number of carbonyl (C=O) groups excluding carboxylic acids is 1. The van der Waals surface area contributed by atoms with Crippen LogP contribution in [0.1, 0.15) is 11.1 Å². The van der Waals surface area contributed by atoms with Crippen LogP contribution in [-0.2, 0) is 16.0 Å². The Balaban J connectivity index is 2.75. The lowest BCUT2D eigenvalue weighted by Crippen LogP contribution is -2.38. The quantitative estimate of drug-likeness (QED) is 0.724. The van der Waals surface area contributed by atoms with Gasteiger partial charge in [0.2, 0.25) is 0 Å². The average molecular weight is 221 g/mol. The van der Waals surface area contributed by atoms with Gasteiger partial charge in [-0.15, -0.1) is 0 Å². The molecule has 0 aliphatic heterocycles. The maximum atomic E-state index is 11.6. The van der Waals surface area contributed by atoms with Crippen LogP contribution in [0, 0.1) is 6.92 Å². The molecule has 1 aromatic rings. The first-order chi connectivity index (χ1) is 7.54. The smallest absolute Gasteiger partial charge is 0.323 e. The predicted octanol–water partition coefficient (Wildman–Crippen LogP) is 1.64. The van der Waals surface area contributed by atoms with E-state index in [4.69, 9.17) is 4.74 Å². The van der Waals surface area contributed by atoms with E-state index in [0.29, 0.717) is 6.42 Å². The fourth-order valence-corrected chi connectivity index (χ4v) is 1.56. The van der Waals surface area contributed by atoms with E-state index in [1.807, 2.05) is 25.9 Å². The summed E-state index contributed by atoms with van der Waals surface area (Å²) < 4.78 is 4.79. The highest BCUT2D eigenvalue weighted by Crippen LogP contribution is 2.09. The van der Waals surface area contributed by atoms with Crippen molar-refractivity contribution in [3.8, 4) is 0 Å². The molecule has 0 N–H and O–H groups in total. The van der Waals surface area contributed by atoms with Crippen molar-refractivity contribution >= 4 is 5.97 Å². The second kappa shape index (κ2) is 5.66. The summed E-state index contributed by atoms with van der Waals surface area (Å²) in [5.74, 6) is -0.189. The number of esters is 1. The number of likely N-dealkylation sites (N-methyl/N-ethyl adjacent to an activating group) is 1. The zero-order valence-electron chi connectivity index (χ0n) is 10.4. The summed E-state index contributed by atoms with van der Waals surface area (Å²) in [4.78, 5) is 13.4. The number of ether oxygens (including phenoxy) is 1. The van der Waals surface area contributed by atoms with E-state index in [9.17, 15) is 4.79 Å². The Bertz CT molecular complexity index is 343. The molecule has 0 aliphatic rings. The highest BCUT2D eigenvalue weighted by molar-refractivity contribution is 5.76. The molecule has 0 unspecified atom stereocenters. The standard InChI is InChI=1S/C13H19NO2/c1-10-5-7-11(8-6-10)9-12(14(2)3)13(15)16-4/h5-8,12H,9H2,1-4H3/t12-/m0/s1. The Kier molecular flexibility index (Phi) is 4.50. The minimum atomic E-state index is -0.215. The van der Waals surface area contributed by atoms with E-state index >= 15 is 0 Å². The van der Waals surface area contributed by atoms with Gasteiger partial charge >= 0.3 is 5.97 Å². The van der Waals surface area contributed by atoms with Gasteiger partial charge in [-0.3, -0.25) is 9.69 Å². The van der Waals surface area contributed by atoms with Crippen molar-refractivity contribution in [2.45, 2.75) is 19.4 Å². The highest BCUT2D eigenvalue weighted by Gasteiger charge is 2.21. The van der Waals surface area contributed by atoms with Crippen LogP contribution in [0.25, 0.3) is 0 Å². The van der Waals surface area contributed by atoms with Gasteiger partial charge in [0, 0.05) is 0 Å². The molecule has 1 aromatic carbocycles. The van der Waals surface area contributed by atoms with Gasteiger partial charge in [0.25, 0.3) is 0 Å². The van der Waals surface area contributed by atoms with Crippen LogP contribution in [0.15, 0.2) is 24.3 Å². The van der Waals surface area contributed by atoms with Gasteiger partial charge in [0.15, 0.2) is 0 Å². The number of hydrogen-bond acceptors (Lipinski definition) is 3. The first-order valence-corrected chi connectivity index (χ1v) is 5.34. The molecule has 0 heterocycles. The molecular weight excluding hydrogens is 202 g/mol. The first-order valence-electron chi connectivity index (χ1n) is 5.34. The number of carbonyl (C=O) groups is 1. The van der Waals surface area contributed by atoms with E-state index in [0.717, 1.165) is 5.56 Å². The number of aryl methyl sites for hydroxylation is 1. The molecule has 0 saturated carbocycles. The fraction of sp³-hybridized carbons (Fsp3) is 0.462. The number of methoxy groups -OCH3 is 1. The van der Waals surface area contributed by atoms with Crippen molar-refractivity contribution in [3.05, 3.63) is 35.4 Å². The van der Waals surface area contributed by atoms with Crippen LogP contribution in [0.2, 0.25) is 0 Å². The molecule has 1 rings (SSSR count). The van der Waals surface area contributed by atoms with E-state index < -0.39 is 0 Å². The zero-order chi connectivity index (χ0) is 12.1. The van der Waals surface area contributed by atoms with Crippen molar-refractivity contribution in [1.29, 1.82) is 0 Å². The molecular formula is C13H19NO2. The summed E-state index contributed by atoms with van der Waals surface area (Å²) in [5, 5.41) is 0. The maximum Gasteiger partial charge on any atom is 0.323 e. The van der Waals surface area contributed by atoms with Crippen LogP contribution in [0.5, 0.6) is 0 Å². The Morgan fingerprint density at radius 1 is 1.31 bits per heavy atom. The summed E-state index contributed by atoms with van der Waals surface area (Å²) in [6.07, 6.45) is 0.681. The Labute approximate surface area is 97.0 Å². The van der Waals surface area contributed by atoms with Crippen LogP contribution in [0.3, 0.4) is 0 Å². The zero-order valence-corrected chi connectivity index (χ0v) is 10.4. The van der Waals surface area contributed by atoms with Crippen molar-refractivity contribution in [2.75, 3.05) is 21.2 Å². The topological polar surface area (TPSA) is 29.5 Å². The maximum absolute atomic E-state index is 11.6. The third-order valence-corrected chi connectivity index (χ3v) is 2.65. The predicted molar refractivity (Wildman–Crippen MR) is 64.4 cm³/mol. The van der Waals surface area contributed by atoms with E-state index in [2.05, 4.69) is 24.3 Å². The van der Waals surface area contributed by atoms with Crippen molar-refractivity contribution in [1.82, 2.24) is 4.90 Å². The molecule has 0 aliphatic carbocycles. The van der Waals surface area contributed by atoms with Crippen LogP contribution >= 0.6 is 0 Å². The average Bonchev–Trinajstić information content (AvgIpc) is 2.27. The fourth-order valence-electron chi connectivity index (χ4n) is 1.56. The molecule has 0 radical (unpaired) electrons. The van der Waals surface area contributed by atoms with E-state index in [1.54, 1.807) is 0 Å². The van der Waals surface area contributed by atoms with Gasteiger partial charge in [0.05, 0.1) is 7.11 Å². The molecule has 0 aromatic heterocycles. The van der Waals surface area contributed by atoms with E-state index in [-0.39, 0.29) is 12.0 Å². The number of nitrogens with zero attached hydrogens (tertiary/aromatic N) is 1. The lowest BCUT2D eigenvalue weighted by molar-refractivity contribution is -0.145. The normalized spacial score (nSPS) is 12.6. The summed E-state index contributed by atoms with van der Waals surface area (Å²) in [6, 6.07) is 8.00. The molecule has 0 fully saturated rings. The Hall–Kier alpha value is -1.35. The monoisotopic (exact) mass is 221 g/mol. The Morgan fingerprint density at radius 3 is 2.31 bits per heavy atom. The van der Waals surface area contributed by atoms with Crippen LogP contribution in [0.4, 0.5) is 0 Å². The summed E-state index contributed by atoms with van der Waals surface area (Å²) in [6.45, 7) is 2.05. The summed E-state index contributed by atoms with van der Waals surface area (Å²) in [7, 11) is 5.19. The van der Waals surface area contributed by atoms with Gasteiger partial charge in [-0.1, -0.05) is 29.8 Å². The lowest BCUT2D eigenvalue weighted by Gasteiger charge is -2.21. The SMILES string of the molecule is COC(=O)[C@H](Cc1ccc(C)cc1)N(C)C. The summed E-state index contributed by atoms with van der Waals surface area (Å²) >= 11 is 0. The lowest BCUT2D eigenvalue weighted by atomic mass is 10.0. The molecule has 88 valence electrons.